The van der Waals surface area contributed by atoms with Crippen molar-refractivity contribution in [3.05, 3.63) is 53.6 Å². The quantitative estimate of drug-likeness (QED) is 0.936. The zero-order chi connectivity index (χ0) is 17.3. The van der Waals surface area contributed by atoms with Gasteiger partial charge >= 0.3 is 0 Å². The highest BCUT2D eigenvalue weighted by Gasteiger charge is 2.32. The molecule has 2 heterocycles. The third kappa shape index (κ3) is 3.17. The number of amides is 1. The first-order chi connectivity index (χ1) is 11.5. The summed E-state index contributed by atoms with van der Waals surface area (Å²) < 4.78 is 28.9. The third-order valence-corrected chi connectivity index (χ3v) is 4.47. The van der Waals surface area contributed by atoms with Crippen LogP contribution < -0.4 is 0 Å². The molecule has 2 aromatic rings. The zero-order valence-electron chi connectivity index (χ0n) is 13.3. The fourth-order valence-electron chi connectivity index (χ4n) is 3.16. The summed E-state index contributed by atoms with van der Waals surface area (Å²) in [4.78, 5) is 18.1. The third-order valence-electron chi connectivity index (χ3n) is 4.47. The lowest BCUT2D eigenvalue weighted by Gasteiger charge is -2.35. The molecule has 5 nitrogen and oxygen atoms in total. The van der Waals surface area contributed by atoms with Crippen LogP contribution in [-0.2, 0) is 7.05 Å². The summed E-state index contributed by atoms with van der Waals surface area (Å²) in [5, 5.41) is 10.5. The molecule has 1 amide bonds. The van der Waals surface area contributed by atoms with Gasteiger partial charge in [-0.25, -0.2) is 13.8 Å². The predicted molar refractivity (Wildman–Crippen MR) is 83.2 cm³/mol. The number of hydrogen-bond donors (Lipinski definition) is 1. The first kappa shape index (κ1) is 16.6. The summed E-state index contributed by atoms with van der Waals surface area (Å²) in [5.41, 5.74) is -0.276. The largest absolute Gasteiger partial charge is 0.385 e. The van der Waals surface area contributed by atoms with Gasteiger partial charge in [0.25, 0.3) is 5.91 Å². The Kier molecular flexibility index (Phi) is 4.62. The maximum absolute atomic E-state index is 13.8. The van der Waals surface area contributed by atoms with E-state index >= 15 is 0 Å². The van der Waals surface area contributed by atoms with Crippen molar-refractivity contribution in [3.63, 3.8) is 0 Å². The van der Waals surface area contributed by atoms with E-state index in [4.69, 9.17) is 0 Å². The molecule has 0 aliphatic carbocycles. The number of piperidine rings is 1. The second-order valence-electron chi connectivity index (χ2n) is 6.12. The predicted octanol–water partition coefficient (Wildman–Crippen LogP) is 2.28. The highest BCUT2D eigenvalue weighted by atomic mass is 19.1. The molecule has 0 radical (unpaired) electrons. The molecule has 1 aromatic heterocycles. The summed E-state index contributed by atoms with van der Waals surface area (Å²) >= 11 is 0. The van der Waals surface area contributed by atoms with Crippen molar-refractivity contribution < 1.29 is 18.7 Å². The van der Waals surface area contributed by atoms with Gasteiger partial charge in [0, 0.05) is 38.4 Å². The molecule has 7 heteroatoms. The lowest BCUT2D eigenvalue weighted by molar-refractivity contribution is 0.0355. The molecule has 0 spiro atoms. The lowest BCUT2D eigenvalue weighted by atomic mass is 9.91. The van der Waals surface area contributed by atoms with E-state index < -0.39 is 23.6 Å². The number of carbonyl (C=O) groups is 1. The van der Waals surface area contributed by atoms with Crippen molar-refractivity contribution in [3.8, 4) is 0 Å². The Morgan fingerprint density at radius 2 is 2.21 bits per heavy atom. The summed E-state index contributed by atoms with van der Waals surface area (Å²) in [6.45, 7) is 0.737. The van der Waals surface area contributed by atoms with Gasteiger partial charge in [-0.1, -0.05) is 0 Å². The smallest absolute Gasteiger partial charge is 0.256 e. The number of rotatable bonds is 3. The van der Waals surface area contributed by atoms with Crippen LogP contribution in [0.1, 0.15) is 35.1 Å². The first-order valence-corrected chi connectivity index (χ1v) is 7.87. The van der Waals surface area contributed by atoms with Crippen LogP contribution in [-0.4, -0.2) is 38.6 Å². The number of aliphatic hydroxyl groups excluding tert-OH is 1. The maximum atomic E-state index is 13.8. The zero-order valence-corrected chi connectivity index (χ0v) is 13.3. The minimum atomic E-state index is -0.807. The van der Waals surface area contributed by atoms with E-state index in [1.807, 2.05) is 0 Å². The minimum Gasteiger partial charge on any atom is -0.385 e. The molecule has 128 valence electrons. The van der Waals surface area contributed by atoms with Crippen molar-refractivity contribution in [1.82, 2.24) is 14.5 Å². The van der Waals surface area contributed by atoms with Gasteiger partial charge in [-0.15, -0.1) is 0 Å². The van der Waals surface area contributed by atoms with Crippen molar-refractivity contribution in [2.45, 2.75) is 18.9 Å². The molecule has 1 N–H and O–H groups in total. The van der Waals surface area contributed by atoms with E-state index in [0.29, 0.717) is 18.8 Å². The van der Waals surface area contributed by atoms with Gasteiger partial charge in [0.2, 0.25) is 0 Å². The number of aromatic nitrogens is 2. The van der Waals surface area contributed by atoms with Crippen LogP contribution in [0.25, 0.3) is 0 Å². The number of likely N-dealkylation sites (tertiary alicyclic amines) is 1. The topological polar surface area (TPSA) is 58.4 Å². The SMILES string of the molecule is Cn1ccnc1C(O)C1CCCN(C(=O)c2cc(F)ccc2F)C1. The Morgan fingerprint density at radius 3 is 2.92 bits per heavy atom. The van der Waals surface area contributed by atoms with Crippen molar-refractivity contribution in [1.29, 1.82) is 0 Å². The average molecular weight is 335 g/mol. The van der Waals surface area contributed by atoms with Crippen LogP contribution in [0.15, 0.2) is 30.6 Å². The van der Waals surface area contributed by atoms with E-state index in [2.05, 4.69) is 4.98 Å². The van der Waals surface area contributed by atoms with E-state index in [1.165, 1.54) is 4.90 Å². The van der Waals surface area contributed by atoms with Gasteiger partial charge in [-0.05, 0) is 31.0 Å². The minimum absolute atomic E-state index is 0.194. The highest BCUT2D eigenvalue weighted by molar-refractivity contribution is 5.94. The summed E-state index contributed by atoms with van der Waals surface area (Å²) in [7, 11) is 1.79. The Hall–Kier alpha value is -2.28. The van der Waals surface area contributed by atoms with Crippen LogP contribution >= 0.6 is 0 Å². The molecule has 1 aromatic carbocycles. The van der Waals surface area contributed by atoms with Crippen LogP contribution in [0, 0.1) is 17.6 Å². The number of carbonyl (C=O) groups excluding carboxylic acids is 1. The molecular weight excluding hydrogens is 316 g/mol. The van der Waals surface area contributed by atoms with E-state index in [0.717, 1.165) is 24.6 Å². The number of halogens is 2. The Labute approximate surface area is 138 Å². The molecule has 3 rings (SSSR count). The van der Waals surface area contributed by atoms with Crippen LogP contribution in [0.4, 0.5) is 8.78 Å². The molecule has 0 bridgehead atoms. The Bertz CT molecular complexity index is 747. The molecule has 2 atom stereocenters. The standard InChI is InChI=1S/C17H19F2N3O2/c1-21-8-6-20-16(21)15(23)11-3-2-7-22(10-11)17(24)13-9-12(18)4-5-14(13)19/h4-6,8-9,11,15,23H,2-3,7,10H2,1H3. The van der Waals surface area contributed by atoms with Gasteiger partial charge in [-0.2, -0.15) is 0 Å². The van der Waals surface area contributed by atoms with E-state index in [-0.39, 0.29) is 18.0 Å². The highest BCUT2D eigenvalue weighted by Crippen LogP contribution is 2.29. The number of imidazole rings is 1. The Balaban J connectivity index is 1.77. The fourth-order valence-corrected chi connectivity index (χ4v) is 3.16. The molecular formula is C17H19F2N3O2. The summed E-state index contributed by atoms with van der Waals surface area (Å²) in [5.74, 6) is -1.61. The van der Waals surface area contributed by atoms with Crippen molar-refractivity contribution >= 4 is 5.91 Å². The maximum Gasteiger partial charge on any atom is 0.256 e. The molecule has 1 fully saturated rings. The second-order valence-corrected chi connectivity index (χ2v) is 6.12. The van der Waals surface area contributed by atoms with Crippen molar-refractivity contribution in [2.75, 3.05) is 13.1 Å². The van der Waals surface area contributed by atoms with Crippen molar-refractivity contribution in [2.24, 2.45) is 13.0 Å². The normalized spacial score (nSPS) is 19.3. The molecule has 2 unspecified atom stereocenters. The number of aliphatic hydroxyl groups is 1. The molecule has 0 saturated carbocycles. The van der Waals surface area contributed by atoms with Gasteiger partial charge in [0.15, 0.2) is 0 Å². The monoisotopic (exact) mass is 335 g/mol. The first-order valence-electron chi connectivity index (χ1n) is 7.87. The molecule has 1 aliphatic rings. The molecule has 1 saturated heterocycles. The van der Waals surface area contributed by atoms with E-state index in [1.54, 1.807) is 24.0 Å². The van der Waals surface area contributed by atoms with Gasteiger partial charge in [0.1, 0.15) is 23.6 Å². The summed E-state index contributed by atoms with van der Waals surface area (Å²) in [6, 6.07) is 2.85. The number of hydrogen-bond acceptors (Lipinski definition) is 3. The Morgan fingerprint density at radius 1 is 1.42 bits per heavy atom. The number of benzene rings is 1. The van der Waals surface area contributed by atoms with Gasteiger partial charge in [0.05, 0.1) is 5.56 Å². The van der Waals surface area contributed by atoms with Gasteiger partial charge < -0.3 is 14.6 Å². The van der Waals surface area contributed by atoms with Crippen LogP contribution in [0.2, 0.25) is 0 Å². The average Bonchev–Trinajstić information content (AvgIpc) is 3.02. The number of aryl methyl sites for hydroxylation is 1. The van der Waals surface area contributed by atoms with Crippen LogP contribution in [0.5, 0.6) is 0 Å². The van der Waals surface area contributed by atoms with E-state index in [9.17, 15) is 18.7 Å². The number of nitrogens with zero attached hydrogens (tertiary/aromatic N) is 3. The summed E-state index contributed by atoms with van der Waals surface area (Å²) in [6.07, 6.45) is 3.97. The second kappa shape index (κ2) is 6.68. The van der Waals surface area contributed by atoms with Crippen LogP contribution in [0.3, 0.4) is 0 Å². The molecule has 24 heavy (non-hydrogen) atoms. The fraction of sp³-hybridized carbons (Fsp3) is 0.412. The molecule has 1 aliphatic heterocycles. The van der Waals surface area contributed by atoms with Gasteiger partial charge in [-0.3, -0.25) is 4.79 Å². The lowest BCUT2D eigenvalue weighted by Crippen LogP contribution is -2.42.